The fourth-order valence-electron chi connectivity index (χ4n) is 1.44. The zero-order valence-electron chi connectivity index (χ0n) is 7.69. The predicted molar refractivity (Wildman–Crippen MR) is 51.7 cm³/mol. The monoisotopic (exact) mass is 187 g/mol. The van der Waals surface area contributed by atoms with Crippen LogP contribution in [-0.4, -0.2) is 11.2 Å². The molecule has 0 bridgehead atoms. The molecule has 1 aliphatic heterocycles. The number of aliphatic hydroxyl groups is 1. The van der Waals surface area contributed by atoms with Crippen LogP contribution >= 0.6 is 0 Å². The molecule has 1 aromatic rings. The van der Waals surface area contributed by atoms with Crippen molar-refractivity contribution in [3.8, 4) is 11.8 Å². The number of hydrogen-bond donors (Lipinski definition) is 1. The molecule has 0 aromatic heterocycles. The molecule has 3 nitrogen and oxygen atoms in total. The lowest BCUT2D eigenvalue weighted by Crippen LogP contribution is -2.21. The second kappa shape index (κ2) is 3.08. The van der Waals surface area contributed by atoms with Gasteiger partial charge >= 0.3 is 0 Å². The highest BCUT2D eigenvalue weighted by Gasteiger charge is 2.24. The lowest BCUT2D eigenvalue weighted by atomic mass is 10.0. The zero-order valence-corrected chi connectivity index (χ0v) is 7.69. The summed E-state index contributed by atoms with van der Waals surface area (Å²) in [4.78, 5) is 0. The van der Waals surface area contributed by atoms with E-state index in [0.717, 1.165) is 0 Å². The number of nitrogens with zero attached hydrogens (tertiary/aromatic N) is 1. The van der Waals surface area contributed by atoms with Crippen LogP contribution < -0.4 is 4.74 Å². The molecule has 0 radical (unpaired) electrons. The first-order chi connectivity index (χ1) is 6.74. The van der Waals surface area contributed by atoms with E-state index in [2.05, 4.69) is 0 Å². The van der Waals surface area contributed by atoms with E-state index in [1.807, 2.05) is 12.1 Å². The van der Waals surface area contributed by atoms with Gasteiger partial charge in [-0.05, 0) is 19.1 Å². The first kappa shape index (κ1) is 8.64. The quantitative estimate of drug-likeness (QED) is 0.677. The minimum Gasteiger partial charge on any atom is -0.507 e. The first-order valence-electron chi connectivity index (χ1n) is 4.29. The molecule has 1 unspecified atom stereocenters. The van der Waals surface area contributed by atoms with Gasteiger partial charge in [-0.15, -0.1) is 0 Å². The average molecular weight is 187 g/mol. The second-order valence-electron chi connectivity index (χ2n) is 3.15. The number of aliphatic hydroxyl groups excluding tert-OH is 1. The van der Waals surface area contributed by atoms with Gasteiger partial charge < -0.3 is 9.84 Å². The number of hydrogen-bond acceptors (Lipinski definition) is 3. The standard InChI is InChI=1S/C11H9NO2/c1-7-10(6-12)14-9-5-3-2-4-8(9)11(7)13/h2-5,10,13H,1H3. The van der Waals surface area contributed by atoms with Crippen LogP contribution in [0.15, 0.2) is 29.8 Å². The molecule has 1 aromatic carbocycles. The van der Waals surface area contributed by atoms with E-state index >= 15 is 0 Å². The third kappa shape index (κ3) is 1.12. The molecule has 2 rings (SSSR count). The summed E-state index contributed by atoms with van der Waals surface area (Å²) in [7, 11) is 0. The Labute approximate surface area is 81.9 Å². The summed E-state index contributed by atoms with van der Waals surface area (Å²) in [5.74, 6) is 0.709. The summed E-state index contributed by atoms with van der Waals surface area (Å²) in [5, 5.41) is 18.6. The number of benzene rings is 1. The summed E-state index contributed by atoms with van der Waals surface area (Å²) in [5.41, 5.74) is 1.21. The molecule has 1 aliphatic rings. The number of nitriles is 1. The van der Waals surface area contributed by atoms with Gasteiger partial charge in [-0.3, -0.25) is 0 Å². The maximum absolute atomic E-state index is 9.78. The Balaban J connectivity index is 2.59. The smallest absolute Gasteiger partial charge is 0.209 e. The molecule has 3 heteroatoms. The molecule has 1 heterocycles. The Hall–Kier alpha value is -1.95. The first-order valence-corrected chi connectivity index (χ1v) is 4.29. The summed E-state index contributed by atoms with van der Waals surface area (Å²) < 4.78 is 5.38. The average Bonchev–Trinajstić information content (AvgIpc) is 2.23. The Morgan fingerprint density at radius 3 is 2.86 bits per heavy atom. The summed E-state index contributed by atoms with van der Waals surface area (Å²) >= 11 is 0. The molecule has 0 aliphatic carbocycles. The van der Waals surface area contributed by atoms with Crippen molar-refractivity contribution >= 4 is 5.76 Å². The van der Waals surface area contributed by atoms with Gasteiger partial charge in [-0.1, -0.05) is 12.1 Å². The second-order valence-corrected chi connectivity index (χ2v) is 3.15. The SMILES string of the molecule is CC1=C(O)c2ccccc2OC1C#N. The van der Waals surface area contributed by atoms with Crippen LogP contribution in [0.1, 0.15) is 12.5 Å². The van der Waals surface area contributed by atoms with Crippen LogP contribution in [0.3, 0.4) is 0 Å². The fourth-order valence-corrected chi connectivity index (χ4v) is 1.44. The van der Waals surface area contributed by atoms with E-state index in [-0.39, 0.29) is 5.76 Å². The Morgan fingerprint density at radius 2 is 2.14 bits per heavy atom. The Morgan fingerprint density at radius 1 is 1.43 bits per heavy atom. The number of rotatable bonds is 0. The van der Waals surface area contributed by atoms with Crippen LogP contribution in [0.25, 0.3) is 5.76 Å². The Bertz CT molecular complexity index is 443. The minimum atomic E-state index is -0.676. The van der Waals surface area contributed by atoms with E-state index in [4.69, 9.17) is 10.00 Å². The number of para-hydroxylation sites is 1. The third-order valence-corrected chi connectivity index (χ3v) is 2.27. The molecule has 14 heavy (non-hydrogen) atoms. The lowest BCUT2D eigenvalue weighted by Gasteiger charge is -2.22. The van der Waals surface area contributed by atoms with E-state index in [9.17, 15) is 5.11 Å². The molecule has 0 amide bonds. The maximum atomic E-state index is 9.78. The maximum Gasteiger partial charge on any atom is 0.209 e. The van der Waals surface area contributed by atoms with Crippen molar-refractivity contribution in [3.63, 3.8) is 0 Å². The van der Waals surface area contributed by atoms with Crippen molar-refractivity contribution in [1.29, 1.82) is 5.26 Å². The van der Waals surface area contributed by atoms with Gasteiger partial charge in [0.2, 0.25) is 6.10 Å². The number of fused-ring (bicyclic) bond motifs is 1. The topological polar surface area (TPSA) is 53.2 Å². The van der Waals surface area contributed by atoms with Gasteiger partial charge in [0.1, 0.15) is 17.6 Å². The van der Waals surface area contributed by atoms with Crippen LogP contribution in [0.2, 0.25) is 0 Å². The van der Waals surface area contributed by atoms with Crippen LogP contribution in [-0.2, 0) is 0 Å². The van der Waals surface area contributed by atoms with Crippen molar-refractivity contribution in [1.82, 2.24) is 0 Å². The number of ether oxygens (including phenoxy) is 1. The van der Waals surface area contributed by atoms with Crippen LogP contribution in [0.4, 0.5) is 0 Å². The van der Waals surface area contributed by atoms with Crippen molar-refractivity contribution in [2.75, 3.05) is 0 Å². The van der Waals surface area contributed by atoms with E-state index in [1.54, 1.807) is 25.1 Å². The fraction of sp³-hybridized carbons (Fsp3) is 0.182. The van der Waals surface area contributed by atoms with Crippen molar-refractivity contribution in [2.45, 2.75) is 13.0 Å². The van der Waals surface area contributed by atoms with Gasteiger partial charge in [0.05, 0.1) is 5.56 Å². The van der Waals surface area contributed by atoms with Crippen molar-refractivity contribution < 1.29 is 9.84 Å². The highest BCUT2D eigenvalue weighted by molar-refractivity contribution is 5.70. The van der Waals surface area contributed by atoms with Crippen LogP contribution in [0.5, 0.6) is 5.75 Å². The van der Waals surface area contributed by atoms with Crippen LogP contribution in [0, 0.1) is 11.3 Å². The predicted octanol–water partition coefficient (Wildman–Crippen LogP) is 2.26. The zero-order chi connectivity index (χ0) is 10.1. The van der Waals surface area contributed by atoms with Gasteiger partial charge in [0.15, 0.2) is 0 Å². The Kier molecular flexibility index (Phi) is 1.90. The van der Waals surface area contributed by atoms with E-state index < -0.39 is 6.10 Å². The normalized spacial score (nSPS) is 19.6. The van der Waals surface area contributed by atoms with Gasteiger partial charge in [-0.25, -0.2) is 0 Å². The highest BCUT2D eigenvalue weighted by atomic mass is 16.5. The largest absolute Gasteiger partial charge is 0.507 e. The van der Waals surface area contributed by atoms with Crippen molar-refractivity contribution in [3.05, 3.63) is 35.4 Å². The van der Waals surface area contributed by atoms with E-state index in [0.29, 0.717) is 16.9 Å². The molecular formula is C11H9NO2. The summed E-state index contributed by atoms with van der Waals surface area (Å²) in [6, 6.07) is 9.11. The van der Waals surface area contributed by atoms with Gasteiger partial charge in [0.25, 0.3) is 0 Å². The molecule has 0 saturated heterocycles. The van der Waals surface area contributed by atoms with E-state index in [1.165, 1.54) is 0 Å². The molecule has 1 atom stereocenters. The molecular weight excluding hydrogens is 178 g/mol. The molecule has 0 spiro atoms. The van der Waals surface area contributed by atoms with Gasteiger partial charge in [0, 0.05) is 5.57 Å². The highest BCUT2D eigenvalue weighted by Crippen LogP contribution is 2.33. The summed E-state index contributed by atoms with van der Waals surface area (Å²) in [6.07, 6.45) is -0.676. The third-order valence-electron chi connectivity index (χ3n) is 2.27. The van der Waals surface area contributed by atoms with Gasteiger partial charge in [-0.2, -0.15) is 5.26 Å². The lowest BCUT2D eigenvalue weighted by molar-refractivity contribution is 0.276. The molecule has 70 valence electrons. The summed E-state index contributed by atoms with van der Waals surface area (Å²) in [6.45, 7) is 1.69. The molecule has 0 saturated carbocycles. The van der Waals surface area contributed by atoms with Crippen molar-refractivity contribution in [2.24, 2.45) is 0 Å². The molecule has 0 fully saturated rings. The minimum absolute atomic E-state index is 0.151. The molecule has 1 N–H and O–H groups in total.